The molecule has 2 fully saturated rings. The summed E-state index contributed by atoms with van der Waals surface area (Å²) in [6.45, 7) is -1.93. The maximum Gasteiger partial charge on any atom is 0.251 e. The van der Waals surface area contributed by atoms with Gasteiger partial charge in [0, 0.05) is 12.8 Å². The van der Waals surface area contributed by atoms with Crippen LogP contribution in [0.3, 0.4) is 0 Å². The predicted molar refractivity (Wildman–Crippen MR) is 66.7 cm³/mol. The van der Waals surface area contributed by atoms with Crippen molar-refractivity contribution in [2.75, 3.05) is 0 Å². The first-order valence-electron chi connectivity index (χ1n) is 6.14. The average Bonchev–Trinajstić information content (AvgIpc) is 2.19. The quantitative estimate of drug-likeness (QED) is 0.462. The Morgan fingerprint density at radius 3 is 1.81 bits per heavy atom. The highest BCUT2D eigenvalue weighted by molar-refractivity contribution is 7.45. The van der Waals surface area contributed by atoms with Crippen LogP contribution in [0, 0.1) is 11.8 Å². The summed E-state index contributed by atoms with van der Waals surface area (Å²) < 4.78 is 26.1. The van der Waals surface area contributed by atoms with E-state index in [4.69, 9.17) is 22.2 Å². The van der Waals surface area contributed by atoms with Crippen molar-refractivity contribution >= 4 is 28.9 Å². The first-order valence-corrected chi connectivity index (χ1v) is 10.6. The van der Waals surface area contributed by atoms with E-state index in [0.717, 1.165) is 24.9 Å². The lowest BCUT2D eigenvalue weighted by Crippen LogP contribution is -2.33. The molecule has 16 heavy (non-hydrogen) atoms. The van der Waals surface area contributed by atoms with E-state index in [1.165, 1.54) is 0 Å². The van der Waals surface area contributed by atoms with Gasteiger partial charge in [0.1, 0.15) is 0 Å². The third-order valence-corrected chi connectivity index (χ3v) is 8.50. The van der Waals surface area contributed by atoms with E-state index in [0.29, 0.717) is 24.7 Å². The van der Waals surface area contributed by atoms with Gasteiger partial charge in [0.05, 0.1) is 0 Å². The van der Waals surface area contributed by atoms with Gasteiger partial charge < -0.3 is 0 Å². The molecule has 0 bridgehead atoms. The lowest BCUT2D eigenvalue weighted by Gasteiger charge is -2.37. The van der Waals surface area contributed by atoms with E-state index >= 15 is 0 Å². The molecule has 0 atom stereocenters. The molecule has 5 heteroatoms. The van der Waals surface area contributed by atoms with Gasteiger partial charge in [-0.25, -0.2) is 8.78 Å². The largest absolute Gasteiger partial charge is 0.251 e. The highest BCUT2D eigenvalue weighted by atomic mass is 35.7. The van der Waals surface area contributed by atoms with Crippen molar-refractivity contribution in [2.45, 2.75) is 56.5 Å². The normalized spacial score (nSPS) is 31.5. The Morgan fingerprint density at radius 1 is 0.875 bits per heavy atom. The Bertz CT molecular complexity index is 212. The fraction of sp³-hybridized carbons (Fsp3) is 1.00. The van der Waals surface area contributed by atoms with Crippen molar-refractivity contribution in [2.24, 2.45) is 11.8 Å². The molecule has 0 nitrogen and oxygen atoms in total. The monoisotopic (exact) mass is 286 g/mol. The Morgan fingerprint density at radius 2 is 1.31 bits per heavy atom. The van der Waals surface area contributed by atoms with Gasteiger partial charge in [-0.2, -0.15) is 0 Å². The molecular weight excluding hydrogens is 269 g/mol. The number of hydrogen-bond donors (Lipinski definition) is 0. The van der Waals surface area contributed by atoms with Crippen LogP contribution >= 0.6 is 22.2 Å². The van der Waals surface area contributed by atoms with Crippen LogP contribution < -0.4 is 0 Å². The molecule has 1 aliphatic heterocycles. The molecule has 1 saturated carbocycles. The van der Waals surface area contributed by atoms with Gasteiger partial charge in [0.15, 0.2) is 0 Å². The van der Waals surface area contributed by atoms with Crippen molar-refractivity contribution in [3.63, 3.8) is 0 Å². The second-order valence-corrected chi connectivity index (χ2v) is 13.0. The summed E-state index contributed by atoms with van der Waals surface area (Å²) in [5.41, 5.74) is 0. The minimum absolute atomic E-state index is 0.0818. The summed E-state index contributed by atoms with van der Waals surface area (Å²) in [6.07, 6.45) is 3.68. The van der Waals surface area contributed by atoms with Gasteiger partial charge in [0.25, 0.3) is 6.69 Å². The molecule has 1 saturated heterocycles. The molecule has 1 aliphatic carbocycles. The van der Waals surface area contributed by atoms with Gasteiger partial charge in [-0.05, 0) is 36.8 Å². The third-order valence-electron chi connectivity index (χ3n) is 4.19. The lowest BCUT2D eigenvalue weighted by molar-refractivity contribution is -0.0529. The lowest BCUT2D eigenvalue weighted by atomic mass is 9.76. The molecule has 94 valence electrons. The molecule has 0 radical (unpaired) electrons. The number of rotatable bonds is 1. The average molecular weight is 287 g/mol. The summed E-state index contributed by atoms with van der Waals surface area (Å²) in [5.74, 6) is -1.30. The van der Waals surface area contributed by atoms with E-state index in [1.54, 1.807) is 0 Å². The zero-order valence-corrected chi connectivity index (χ0v) is 11.8. The maximum absolute atomic E-state index is 13.0. The first kappa shape index (κ1) is 13.1. The molecule has 0 spiro atoms. The van der Waals surface area contributed by atoms with Gasteiger partial charge >= 0.3 is 0 Å². The number of halogens is 4. The fourth-order valence-corrected chi connectivity index (χ4v) is 6.21. The van der Waals surface area contributed by atoms with Gasteiger partial charge in [0.2, 0.25) is 5.92 Å². The molecule has 0 aromatic rings. The Balaban J connectivity index is 1.82. The predicted octanol–water partition coefficient (Wildman–Crippen LogP) is 5.14. The topological polar surface area (TPSA) is 0 Å². The molecule has 0 aromatic carbocycles. The van der Waals surface area contributed by atoms with Gasteiger partial charge in [-0.15, -0.1) is 22.2 Å². The number of alkyl halides is 2. The first-order chi connectivity index (χ1) is 7.38. The van der Waals surface area contributed by atoms with Crippen LogP contribution in [0.5, 0.6) is 0 Å². The fourth-order valence-electron chi connectivity index (χ4n) is 3.07. The van der Waals surface area contributed by atoms with E-state index in [-0.39, 0.29) is 12.8 Å². The SMILES string of the molecule is FC1(F)CCC(C2CC[Si](Cl)(Cl)CC2)CC1. The Labute approximate surface area is 106 Å². The van der Waals surface area contributed by atoms with Crippen LogP contribution in [0.25, 0.3) is 0 Å². The standard InChI is InChI=1S/C11H18Cl2F2Si/c12-16(13)7-3-10(4-8-16)9-1-5-11(14,15)6-2-9/h9-10H,1-8H2. The molecule has 2 rings (SSSR count). The van der Waals surface area contributed by atoms with Gasteiger partial charge in [-0.1, -0.05) is 12.8 Å². The van der Waals surface area contributed by atoms with Crippen LogP contribution in [0.15, 0.2) is 0 Å². The zero-order valence-electron chi connectivity index (χ0n) is 9.32. The maximum atomic E-state index is 13.0. The van der Waals surface area contributed by atoms with Crippen molar-refractivity contribution in [3.8, 4) is 0 Å². The molecule has 1 heterocycles. The van der Waals surface area contributed by atoms with Crippen LogP contribution in [0.4, 0.5) is 8.78 Å². The van der Waals surface area contributed by atoms with Crippen molar-refractivity contribution in [1.29, 1.82) is 0 Å². The van der Waals surface area contributed by atoms with E-state index in [9.17, 15) is 8.78 Å². The van der Waals surface area contributed by atoms with Crippen molar-refractivity contribution in [1.82, 2.24) is 0 Å². The molecule has 0 amide bonds. The highest BCUT2D eigenvalue weighted by Crippen LogP contribution is 2.46. The highest BCUT2D eigenvalue weighted by Gasteiger charge is 2.41. The summed E-state index contributed by atoms with van der Waals surface area (Å²) in [5, 5.41) is 0. The summed E-state index contributed by atoms with van der Waals surface area (Å²) in [7, 11) is 0. The summed E-state index contributed by atoms with van der Waals surface area (Å²) in [4.78, 5) is 0. The Kier molecular flexibility index (Phi) is 3.87. The Hall–Kier alpha value is 0.657. The zero-order chi connectivity index (χ0) is 11.8. The van der Waals surface area contributed by atoms with Crippen molar-refractivity contribution < 1.29 is 8.78 Å². The summed E-state index contributed by atoms with van der Waals surface area (Å²) in [6, 6.07) is 1.90. The molecule has 0 unspecified atom stereocenters. The second kappa shape index (κ2) is 4.73. The van der Waals surface area contributed by atoms with Gasteiger partial charge in [-0.3, -0.25) is 0 Å². The van der Waals surface area contributed by atoms with Crippen LogP contribution in [-0.2, 0) is 0 Å². The molecule has 0 N–H and O–H groups in total. The number of hydrogen-bond acceptors (Lipinski definition) is 0. The molecule has 0 aromatic heterocycles. The minimum Gasteiger partial charge on any atom is -0.207 e. The van der Waals surface area contributed by atoms with Crippen LogP contribution in [0.2, 0.25) is 12.1 Å². The van der Waals surface area contributed by atoms with E-state index in [2.05, 4.69) is 0 Å². The van der Waals surface area contributed by atoms with E-state index < -0.39 is 12.6 Å². The second-order valence-electron chi connectivity index (χ2n) is 5.39. The smallest absolute Gasteiger partial charge is 0.207 e. The minimum atomic E-state index is -2.40. The van der Waals surface area contributed by atoms with Crippen molar-refractivity contribution in [3.05, 3.63) is 0 Å². The van der Waals surface area contributed by atoms with Crippen LogP contribution in [0.1, 0.15) is 38.5 Å². The molecule has 2 aliphatic rings. The third kappa shape index (κ3) is 3.33. The van der Waals surface area contributed by atoms with Crippen LogP contribution in [-0.4, -0.2) is 12.6 Å². The summed E-state index contributed by atoms with van der Waals surface area (Å²) >= 11 is 12.4. The molecular formula is C11H18Cl2F2Si. The van der Waals surface area contributed by atoms with E-state index in [1.807, 2.05) is 0 Å².